The second-order valence-electron chi connectivity index (χ2n) is 12.2. The van der Waals surface area contributed by atoms with E-state index < -0.39 is 30.1 Å². The first-order chi connectivity index (χ1) is 19.9. The number of fused-ring (bicyclic) bond motifs is 2. The molecule has 0 aliphatic carbocycles. The van der Waals surface area contributed by atoms with Crippen LogP contribution in [0.4, 0.5) is 13.6 Å². The standard InChI is InChI=1S/C32H39F2N3O5/c1-19-15-27(40-5)24(23-13-14-36(28(19)23)31(39)42-32(2,3)4)17-35-16-22-11-12-25(29(33)34)37(22)18-26(35)20-7-9-21(10-8-20)30(38)41-6/h7-10,13-15,22,25-26,29H,11-12,16-18H2,1-6H3. The fourth-order valence-electron chi connectivity index (χ4n) is 6.45. The molecule has 0 amide bonds. The van der Waals surface area contributed by atoms with E-state index in [0.717, 1.165) is 27.6 Å². The van der Waals surface area contributed by atoms with Gasteiger partial charge in [0.15, 0.2) is 0 Å². The molecule has 0 N–H and O–H groups in total. The Hall–Kier alpha value is -3.50. The molecule has 2 saturated heterocycles. The second-order valence-corrected chi connectivity index (χ2v) is 12.2. The Morgan fingerprint density at radius 3 is 2.38 bits per heavy atom. The summed E-state index contributed by atoms with van der Waals surface area (Å²) >= 11 is 0. The van der Waals surface area contributed by atoms with Crippen molar-refractivity contribution in [3.63, 3.8) is 0 Å². The normalized spacial score (nSPS) is 21.5. The first kappa shape index (κ1) is 30.0. The number of halogens is 2. The van der Waals surface area contributed by atoms with Crippen LogP contribution in [0, 0.1) is 6.92 Å². The fraction of sp³-hybridized carbons (Fsp3) is 0.500. The van der Waals surface area contributed by atoms with E-state index in [0.29, 0.717) is 43.8 Å². The highest BCUT2D eigenvalue weighted by molar-refractivity contribution is 5.95. The Morgan fingerprint density at radius 1 is 1.05 bits per heavy atom. The molecule has 3 heterocycles. The van der Waals surface area contributed by atoms with E-state index in [9.17, 15) is 18.4 Å². The van der Waals surface area contributed by atoms with Crippen molar-refractivity contribution in [1.82, 2.24) is 14.4 Å². The van der Waals surface area contributed by atoms with Crippen LogP contribution in [0.5, 0.6) is 5.75 Å². The summed E-state index contributed by atoms with van der Waals surface area (Å²) in [5, 5.41) is 0.872. The molecule has 2 aliphatic heterocycles. The SMILES string of the molecule is COC(=O)c1ccc(C2CN3C(CCC3C(F)F)CN2Cc2c(OC)cc(C)c3c2ccn3C(=O)OC(C)(C)C)cc1. The molecule has 2 aromatic carbocycles. The third-order valence-corrected chi connectivity index (χ3v) is 8.37. The van der Waals surface area contributed by atoms with Crippen molar-refractivity contribution < 1.29 is 32.6 Å². The van der Waals surface area contributed by atoms with Gasteiger partial charge in [-0.1, -0.05) is 12.1 Å². The molecular weight excluding hydrogens is 544 g/mol. The Morgan fingerprint density at radius 2 is 1.76 bits per heavy atom. The Bertz CT molecular complexity index is 1460. The van der Waals surface area contributed by atoms with Crippen LogP contribution in [0.15, 0.2) is 42.6 Å². The molecule has 3 aromatic rings. The molecule has 0 radical (unpaired) electrons. The number of nitrogens with zero attached hydrogens (tertiary/aromatic N) is 3. The number of aryl methyl sites for hydroxylation is 1. The highest BCUT2D eigenvalue weighted by Crippen LogP contribution is 2.41. The average molecular weight is 584 g/mol. The van der Waals surface area contributed by atoms with E-state index >= 15 is 0 Å². The van der Waals surface area contributed by atoms with Crippen molar-refractivity contribution >= 4 is 23.0 Å². The lowest BCUT2D eigenvalue weighted by Gasteiger charge is -2.46. The van der Waals surface area contributed by atoms with Crippen LogP contribution in [-0.2, 0) is 16.0 Å². The van der Waals surface area contributed by atoms with E-state index in [1.807, 2.05) is 56.9 Å². The minimum absolute atomic E-state index is 0.00730. The second kappa shape index (κ2) is 11.6. The number of hydrogen-bond acceptors (Lipinski definition) is 7. The predicted octanol–water partition coefficient (Wildman–Crippen LogP) is 6.18. The average Bonchev–Trinajstić information content (AvgIpc) is 3.58. The summed E-state index contributed by atoms with van der Waals surface area (Å²) < 4.78 is 45.9. The molecule has 8 nitrogen and oxygen atoms in total. The number of piperazine rings is 1. The van der Waals surface area contributed by atoms with Crippen molar-refractivity contribution in [2.75, 3.05) is 27.3 Å². The lowest BCUT2D eigenvalue weighted by atomic mass is 9.96. The zero-order chi connectivity index (χ0) is 30.3. The molecule has 226 valence electrons. The predicted molar refractivity (Wildman–Crippen MR) is 155 cm³/mol. The van der Waals surface area contributed by atoms with Gasteiger partial charge in [0, 0.05) is 48.9 Å². The number of carbonyl (C=O) groups excluding carboxylic acids is 2. The monoisotopic (exact) mass is 583 g/mol. The Balaban J connectivity index is 1.55. The zero-order valence-electron chi connectivity index (χ0n) is 25.0. The maximum Gasteiger partial charge on any atom is 0.419 e. The van der Waals surface area contributed by atoms with Gasteiger partial charge in [0.25, 0.3) is 6.43 Å². The van der Waals surface area contributed by atoms with Crippen molar-refractivity contribution in [2.45, 2.75) is 77.2 Å². The maximum atomic E-state index is 14.0. The number of ether oxygens (including phenoxy) is 3. The van der Waals surface area contributed by atoms with Crippen molar-refractivity contribution in [1.29, 1.82) is 0 Å². The zero-order valence-corrected chi connectivity index (χ0v) is 25.0. The van der Waals surface area contributed by atoms with E-state index in [1.165, 1.54) is 11.7 Å². The summed E-state index contributed by atoms with van der Waals surface area (Å²) in [5.74, 6) is 0.266. The molecular formula is C32H39F2N3O5. The minimum Gasteiger partial charge on any atom is -0.496 e. The van der Waals surface area contributed by atoms with Gasteiger partial charge in [0.2, 0.25) is 0 Å². The van der Waals surface area contributed by atoms with Gasteiger partial charge >= 0.3 is 12.1 Å². The first-order valence-corrected chi connectivity index (χ1v) is 14.3. The van der Waals surface area contributed by atoms with E-state index in [1.54, 1.807) is 25.4 Å². The third kappa shape index (κ3) is 5.74. The summed E-state index contributed by atoms with van der Waals surface area (Å²) in [6.07, 6.45) is 0.0155. The number of aromatic nitrogens is 1. The van der Waals surface area contributed by atoms with Gasteiger partial charge in [-0.3, -0.25) is 14.4 Å². The lowest BCUT2D eigenvalue weighted by molar-refractivity contribution is -0.0227. The first-order valence-electron chi connectivity index (χ1n) is 14.3. The van der Waals surface area contributed by atoms with E-state index in [-0.39, 0.29) is 12.1 Å². The molecule has 0 bridgehead atoms. The van der Waals surface area contributed by atoms with Gasteiger partial charge in [0.05, 0.1) is 31.3 Å². The van der Waals surface area contributed by atoms with Crippen LogP contribution < -0.4 is 4.74 Å². The van der Waals surface area contributed by atoms with Crippen LogP contribution >= 0.6 is 0 Å². The number of benzene rings is 2. The van der Waals surface area contributed by atoms with Gasteiger partial charge in [-0.25, -0.2) is 18.4 Å². The maximum absolute atomic E-state index is 14.0. The number of methoxy groups -OCH3 is 2. The molecule has 3 unspecified atom stereocenters. The summed E-state index contributed by atoms with van der Waals surface area (Å²) in [4.78, 5) is 29.4. The third-order valence-electron chi connectivity index (χ3n) is 8.37. The van der Waals surface area contributed by atoms with Gasteiger partial charge < -0.3 is 14.2 Å². The number of carbonyl (C=O) groups is 2. The molecule has 2 aliphatic rings. The molecule has 0 spiro atoms. The summed E-state index contributed by atoms with van der Waals surface area (Å²) in [6.45, 7) is 8.94. The molecule has 5 rings (SSSR count). The number of alkyl halides is 2. The van der Waals surface area contributed by atoms with Gasteiger partial charge in [0.1, 0.15) is 11.4 Å². The largest absolute Gasteiger partial charge is 0.496 e. The highest BCUT2D eigenvalue weighted by atomic mass is 19.3. The molecule has 0 saturated carbocycles. The van der Waals surface area contributed by atoms with E-state index in [4.69, 9.17) is 14.2 Å². The van der Waals surface area contributed by atoms with Crippen LogP contribution in [0.2, 0.25) is 0 Å². The smallest absolute Gasteiger partial charge is 0.419 e. The van der Waals surface area contributed by atoms with Gasteiger partial charge in [-0.2, -0.15) is 0 Å². The Kier molecular flexibility index (Phi) is 8.31. The number of esters is 1. The van der Waals surface area contributed by atoms with Crippen LogP contribution in [0.3, 0.4) is 0 Å². The van der Waals surface area contributed by atoms with Crippen molar-refractivity contribution in [3.8, 4) is 5.75 Å². The lowest BCUT2D eigenvalue weighted by Crippen LogP contribution is -2.54. The van der Waals surface area contributed by atoms with E-state index in [2.05, 4.69) is 4.90 Å². The summed E-state index contributed by atoms with van der Waals surface area (Å²) in [6, 6.07) is 10.0. The molecule has 10 heteroatoms. The molecule has 1 aromatic heterocycles. The van der Waals surface area contributed by atoms with Crippen LogP contribution in [0.1, 0.15) is 66.7 Å². The van der Waals surface area contributed by atoms with Crippen LogP contribution in [-0.4, -0.2) is 77.8 Å². The molecule has 42 heavy (non-hydrogen) atoms. The van der Waals surface area contributed by atoms with Crippen molar-refractivity contribution in [3.05, 3.63) is 64.8 Å². The number of rotatable bonds is 6. The fourth-order valence-corrected chi connectivity index (χ4v) is 6.45. The number of hydrogen-bond donors (Lipinski definition) is 0. The summed E-state index contributed by atoms with van der Waals surface area (Å²) in [7, 11) is 2.96. The molecule has 3 atom stereocenters. The van der Waals surface area contributed by atoms with Gasteiger partial charge in [-0.05, 0) is 75.9 Å². The quantitative estimate of drug-likeness (QED) is 0.321. The minimum atomic E-state index is -2.41. The Labute approximate surface area is 245 Å². The highest BCUT2D eigenvalue weighted by Gasteiger charge is 2.45. The van der Waals surface area contributed by atoms with Crippen LogP contribution in [0.25, 0.3) is 10.9 Å². The summed E-state index contributed by atoms with van der Waals surface area (Å²) in [5.41, 5.74) is 3.24. The topological polar surface area (TPSA) is 73.2 Å². The van der Waals surface area contributed by atoms with Crippen molar-refractivity contribution in [2.24, 2.45) is 0 Å². The van der Waals surface area contributed by atoms with Gasteiger partial charge in [-0.15, -0.1) is 0 Å². The molecule has 2 fully saturated rings.